The first-order valence-corrected chi connectivity index (χ1v) is 6.83. The second-order valence-corrected chi connectivity index (χ2v) is 5.29. The number of rotatable bonds is 3. The third kappa shape index (κ3) is 5.29. The molecule has 1 fully saturated rings. The number of amides is 1. The Kier molecular flexibility index (Phi) is 12.0. The normalized spacial score (nSPS) is 29.4. The zero-order valence-corrected chi connectivity index (χ0v) is 15.8. The average molecular weight is 328 g/mol. The summed E-state index contributed by atoms with van der Waals surface area (Å²) in [4.78, 5) is 11.5. The van der Waals surface area contributed by atoms with E-state index in [1.807, 2.05) is 6.92 Å². The molecule has 1 amide bonds. The molecule has 18 heavy (non-hydrogen) atoms. The summed E-state index contributed by atoms with van der Waals surface area (Å²) in [5.74, 6) is 2.91. The van der Waals surface area contributed by atoms with Gasteiger partial charge >= 0.3 is 0 Å². The number of nitrogens with zero attached hydrogens (tertiary/aromatic N) is 1. The molecule has 5 atom stereocenters. The third-order valence-electron chi connectivity index (χ3n) is 4.60. The van der Waals surface area contributed by atoms with Crippen molar-refractivity contribution in [3.05, 3.63) is 12.2 Å². The van der Waals surface area contributed by atoms with Crippen molar-refractivity contribution in [2.24, 2.45) is 29.6 Å². The van der Waals surface area contributed by atoms with Crippen LogP contribution in [-0.2, 0) is 37.5 Å². The van der Waals surface area contributed by atoms with Crippen LogP contribution in [0.2, 0.25) is 0 Å². The van der Waals surface area contributed by atoms with Gasteiger partial charge in [0.1, 0.15) is 0 Å². The Morgan fingerprint density at radius 3 is 2.06 bits per heavy atom. The zero-order chi connectivity index (χ0) is 13.6. The van der Waals surface area contributed by atoms with Gasteiger partial charge in [-0.05, 0) is 30.1 Å². The molecule has 2 nitrogen and oxygen atoms in total. The predicted molar refractivity (Wildman–Crippen MR) is 74.7 cm³/mol. The van der Waals surface area contributed by atoms with E-state index >= 15 is 0 Å². The molecule has 0 bridgehead atoms. The van der Waals surface area contributed by atoms with Gasteiger partial charge in [-0.2, -0.15) is 6.92 Å². The van der Waals surface area contributed by atoms with Crippen LogP contribution in [0.15, 0.2) is 0 Å². The molecule has 3 heteroatoms. The van der Waals surface area contributed by atoms with E-state index in [0.29, 0.717) is 11.8 Å². The van der Waals surface area contributed by atoms with Crippen LogP contribution >= 0.6 is 0 Å². The minimum absolute atomic E-state index is 0. The Bertz CT molecular complexity index is 233. The maximum Gasteiger partial charge on any atom is 0.0541 e. The van der Waals surface area contributed by atoms with Crippen LogP contribution < -0.4 is 0 Å². The van der Waals surface area contributed by atoms with Crippen molar-refractivity contribution in [1.82, 2.24) is 0 Å². The topological polar surface area (TPSA) is 31.2 Å². The van der Waals surface area contributed by atoms with Crippen LogP contribution in [-0.4, -0.2) is 13.0 Å². The molecule has 0 aromatic rings. The summed E-state index contributed by atoms with van der Waals surface area (Å²) in [6.45, 7) is 13.9. The molecule has 0 N–H and O–H groups in total. The van der Waals surface area contributed by atoms with Gasteiger partial charge in [-0.1, -0.05) is 34.1 Å². The fraction of sp³-hybridized carbons (Fsp3) is 0.867. The van der Waals surface area contributed by atoms with E-state index in [4.69, 9.17) is 0 Å². The summed E-state index contributed by atoms with van der Waals surface area (Å²) in [5, 5.41) is 3.79. The summed E-state index contributed by atoms with van der Waals surface area (Å²) >= 11 is 0. The number of carbonyl (C=O) groups excluding carboxylic acids is 1. The molecule has 0 heterocycles. The summed E-state index contributed by atoms with van der Waals surface area (Å²) in [7, 11) is 1.60. The van der Waals surface area contributed by atoms with Gasteiger partial charge in [0.2, 0.25) is 0 Å². The molecule has 105 valence electrons. The van der Waals surface area contributed by atoms with Gasteiger partial charge in [0.15, 0.2) is 0 Å². The second-order valence-electron chi connectivity index (χ2n) is 5.29. The monoisotopic (exact) mass is 328 g/mol. The number of carbonyl (C=O) groups is 1. The maximum absolute atomic E-state index is 11.5. The molecule has 1 aliphatic rings. The van der Waals surface area contributed by atoms with E-state index < -0.39 is 0 Å². The van der Waals surface area contributed by atoms with Crippen LogP contribution in [0, 0.1) is 36.5 Å². The van der Waals surface area contributed by atoms with Crippen molar-refractivity contribution in [1.29, 1.82) is 0 Å². The molecule has 1 rings (SSSR count). The minimum atomic E-state index is 0. The predicted octanol–water partition coefficient (Wildman–Crippen LogP) is 4.31. The van der Waals surface area contributed by atoms with Crippen molar-refractivity contribution in [2.75, 3.05) is 7.05 Å². The van der Waals surface area contributed by atoms with Gasteiger partial charge in [0.25, 0.3) is 0 Å². The first-order valence-electron chi connectivity index (χ1n) is 6.83. The van der Waals surface area contributed by atoms with E-state index in [1.165, 1.54) is 12.8 Å². The van der Waals surface area contributed by atoms with E-state index in [9.17, 15) is 4.79 Å². The Hall–Kier alpha value is 0.574. The van der Waals surface area contributed by atoms with E-state index in [0.717, 1.165) is 11.8 Å². The average Bonchev–Trinajstić information content (AvgIpc) is 2.69. The molecule has 0 aromatic carbocycles. The van der Waals surface area contributed by atoms with Crippen molar-refractivity contribution in [2.45, 2.75) is 47.5 Å². The fourth-order valence-electron chi connectivity index (χ4n) is 2.94. The van der Waals surface area contributed by atoms with Gasteiger partial charge in [-0.3, -0.25) is 0 Å². The summed E-state index contributed by atoms with van der Waals surface area (Å²) < 4.78 is 0. The van der Waals surface area contributed by atoms with E-state index in [2.05, 4.69) is 33.0 Å². The Morgan fingerprint density at radius 2 is 1.72 bits per heavy atom. The maximum atomic E-state index is 11.5. The van der Waals surface area contributed by atoms with Gasteiger partial charge in [0, 0.05) is 38.6 Å². The molecule has 1 radical (unpaired) electrons. The molecular weight excluding hydrogens is 299 g/mol. The van der Waals surface area contributed by atoms with Gasteiger partial charge in [-0.15, -0.1) is 7.05 Å². The van der Waals surface area contributed by atoms with E-state index in [1.54, 1.807) is 14.0 Å². The number of hydrogen-bond donors (Lipinski definition) is 0. The Morgan fingerprint density at radius 1 is 1.22 bits per heavy atom. The van der Waals surface area contributed by atoms with Crippen LogP contribution in [0.1, 0.15) is 47.5 Å². The second kappa shape index (κ2) is 10.4. The first-order chi connectivity index (χ1) is 7.99. The van der Waals surface area contributed by atoms with Crippen LogP contribution in [0.5, 0.6) is 0 Å². The van der Waals surface area contributed by atoms with Crippen molar-refractivity contribution < 1.29 is 37.5 Å². The Labute approximate surface area is 139 Å². The smallest absolute Gasteiger partial charge is 0.0541 e. The standard InChI is InChI=1S/C13H25NO.C2H5.Y/c1-8-6-7-12(9(8)2)10(3)11(4)13(15)14-5;1-2;/h8-12H,6-7H2,1-5H3,(H,14,15);1H2,2H3;/q;-1;/p-1/t8-,9-,10?,11?,12+;;/m1../s1. The molecule has 0 saturated heterocycles. The summed E-state index contributed by atoms with van der Waals surface area (Å²) in [6.07, 6.45) is 2.60. The summed E-state index contributed by atoms with van der Waals surface area (Å²) in [6, 6.07) is 0. The molecule has 0 spiro atoms. The quantitative estimate of drug-likeness (QED) is 0.710. The van der Waals surface area contributed by atoms with Crippen molar-refractivity contribution in [3.63, 3.8) is 0 Å². The number of hydrogen-bond acceptors (Lipinski definition) is 1. The van der Waals surface area contributed by atoms with Gasteiger partial charge in [-0.25, -0.2) is 0 Å². The SMILES string of the molecule is C[N-]C(=O)C(C)C(C)[C@H]1CC[C@@H](C)[C@H]1C.[CH2-]C.[Y]. The minimum Gasteiger partial charge on any atom is -0.656 e. The van der Waals surface area contributed by atoms with E-state index in [-0.39, 0.29) is 44.5 Å². The van der Waals surface area contributed by atoms with Crippen molar-refractivity contribution >= 4 is 5.91 Å². The van der Waals surface area contributed by atoms with Crippen LogP contribution in [0.3, 0.4) is 0 Å². The molecule has 2 unspecified atom stereocenters. The fourth-order valence-corrected chi connectivity index (χ4v) is 2.94. The molecule has 1 aliphatic carbocycles. The van der Waals surface area contributed by atoms with Crippen LogP contribution in [0.4, 0.5) is 0 Å². The first kappa shape index (κ1) is 20.9. The largest absolute Gasteiger partial charge is 0.656 e. The third-order valence-corrected chi connectivity index (χ3v) is 4.60. The molecule has 1 saturated carbocycles. The van der Waals surface area contributed by atoms with Gasteiger partial charge < -0.3 is 17.0 Å². The van der Waals surface area contributed by atoms with Gasteiger partial charge in [0.05, 0.1) is 5.91 Å². The Balaban J connectivity index is 0. The molecule has 0 aliphatic heterocycles. The molecule has 0 aromatic heterocycles. The van der Waals surface area contributed by atoms with Crippen molar-refractivity contribution in [3.8, 4) is 0 Å². The van der Waals surface area contributed by atoms with Crippen LogP contribution in [0.25, 0.3) is 5.32 Å². The zero-order valence-electron chi connectivity index (χ0n) is 12.9. The summed E-state index contributed by atoms with van der Waals surface area (Å²) in [5.41, 5.74) is 0. The molecular formula is C15H29NOY-2.